The van der Waals surface area contributed by atoms with Gasteiger partial charge in [0.1, 0.15) is 5.75 Å². The molecule has 0 aliphatic carbocycles. The van der Waals surface area contributed by atoms with Gasteiger partial charge in [-0.05, 0) is 49.2 Å². The van der Waals surface area contributed by atoms with Crippen LogP contribution >= 0.6 is 11.3 Å². The number of hydrogen-bond donors (Lipinski definition) is 0. The van der Waals surface area contributed by atoms with Gasteiger partial charge in [0.25, 0.3) is 5.91 Å². The van der Waals surface area contributed by atoms with Gasteiger partial charge < -0.3 is 4.74 Å². The van der Waals surface area contributed by atoms with Crippen LogP contribution in [0.2, 0.25) is 0 Å². The van der Waals surface area contributed by atoms with E-state index in [1.165, 1.54) is 9.50 Å². The average Bonchev–Trinajstić information content (AvgIpc) is 3.53. The van der Waals surface area contributed by atoms with Crippen LogP contribution in [0.25, 0.3) is 15.9 Å². The highest BCUT2D eigenvalue weighted by atomic mass is 32.1. The van der Waals surface area contributed by atoms with Gasteiger partial charge >= 0.3 is 0 Å². The highest BCUT2D eigenvalue weighted by molar-refractivity contribution is 7.18. The molecule has 0 spiro atoms. The molecule has 0 unspecified atom stereocenters. The van der Waals surface area contributed by atoms with Gasteiger partial charge in [-0.1, -0.05) is 6.07 Å². The van der Waals surface area contributed by atoms with Crippen LogP contribution in [0, 0.1) is 6.92 Å². The molecule has 9 heteroatoms. The largest absolute Gasteiger partial charge is 0.497 e. The number of methoxy groups -OCH3 is 1. The van der Waals surface area contributed by atoms with E-state index >= 15 is 0 Å². The molecule has 0 bridgehead atoms. The molecule has 158 valence electrons. The Morgan fingerprint density at radius 1 is 1.13 bits per heavy atom. The first kappa shape index (κ1) is 19.7. The molecule has 1 saturated heterocycles. The number of thiazole rings is 1. The summed E-state index contributed by atoms with van der Waals surface area (Å²) in [5, 5.41) is 13.4. The third kappa shape index (κ3) is 3.77. The number of ether oxygens (including phenoxy) is 1. The van der Waals surface area contributed by atoms with Crippen LogP contribution in [0.3, 0.4) is 0 Å². The van der Waals surface area contributed by atoms with Crippen molar-refractivity contribution < 1.29 is 9.53 Å². The third-order valence-corrected chi connectivity index (χ3v) is 6.29. The molecule has 31 heavy (non-hydrogen) atoms. The molecule has 8 nitrogen and oxygen atoms in total. The summed E-state index contributed by atoms with van der Waals surface area (Å²) < 4.78 is 6.54. The van der Waals surface area contributed by atoms with E-state index in [9.17, 15) is 4.79 Å². The zero-order valence-electron chi connectivity index (χ0n) is 17.4. The van der Waals surface area contributed by atoms with Crippen LogP contribution in [0.5, 0.6) is 5.75 Å². The average molecular weight is 435 g/mol. The monoisotopic (exact) mass is 434 g/mol. The zero-order chi connectivity index (χ0) is 21.4. The molecule has 0 atom stereocenters. The van der Waals surface area contributed by atoms with Gasteiger partial charge in [-0.3, -0.25) is 9.80 Å². The SMILES string of the molecule is COc1ccc(-n2nccn2)c(C(=O)N2CCCN2Cc2ccc3nc(C)sc3c2)c1. The molecule has 1 aliphatic heterocycles. The molecular formula is C22H22N6O2S. The van der Waals surface area contributed by atoms with Crippen LogP contribution in [-0.2, 0) is 6.54 Å². The number of aromatic nitrogens is 4. The number of hydrogen-bond acceptors (Lipinski definition) is 7. The van der Waals surface area contributed by atoms with Crippen LogP contribution in [0.15, 0.2) is 48.8 Å². The molecular weight excluding hydrogens is 412 g/mol. The Hall–Kier alpha value is -3.30. The second-order valence-corrected chi connectivity index (χ2v) is 8.64. The maximum atomic E-state index is 13.6. The lowest BCUT2D eigenvalue weighted by atomic mass is 10.1. The predicted octanol–water partition coefficient (Wildman–Crippen LogP) is 3.46. The Bertz CT molecular complexity index is 1240. The fourth-order valence-electron chi connectivity index (χ4n) is 3.92. The van der Waals surface area contributed by atoms with Crippen LogP contribution in [0.4, 0.5) is 0 Å². The van der Waals surface area contributed by atoms with E-state index < -0.39 is 0 Å². The van der Waals surface area contributed by atoms with Crippen molar-refractivity contribution in [1.29, 1.82) is 0 Å². The van der Waals surface area contributed by atoms with E-state index in [-0.39, 0.29) is 5.91 Å². The Labute approximate surface area is 183 Å². The van der Waals surface area contributed by atoms with Crippen molar-refractivity contribution >= 4 is 27.5 Å². The Morgan fingerprint density at radius 3 is 2.77 bits per heavy atom. The van der Waals surface area contributed by atoms with E-state index in [4.69, 9.17) is 4.74 Å². The first-order chi connectivity index (χ1) is 15.1. The number of fused-ring (bicyclic) bond motifs is 1. The lowest BCUT2D eigenvalue weighted by molar-refractivity contribution is 0.0170. The number of rotatable bonds is 5. The van der Waals surface area contributed by atoms with E-state index in [0.717, 1.165) is 29.1 Å². The zero-order valence-corrected chi connectivity index (χ0v) is 18.2. The van der Waals surface area contributed by atoms with Gasteiger partial charge in [-0.25, -0.2) is 9.99 Å². The third-order valence-electron chi connectivity index (χ3n) is 5.36. The molecule has 0 saturated carbocycles. The minimum absolute atomic E-state index is 0.0848. The molecule has 1 fully saturated rings. The van der Waals surface area contributed by atoms with E-state index in [2.05, 4.69) is 38.4 Å². The lowest BCUT2D eigenvalue weighted by Crippen LogP contribution is -2.41. The first-order valence-electron chi connectivity index (χ1n) is 10.1. The molecule has 3 heterocycles. The van der Waals surface area contributed by atoms with Gasteiger partial charge in [-0.2, -0.15) is 15.0 Å². The van der Waals surface area contributed by atoms with Crippen molar-refractivity contribution in [1.82, 2.24) is 30.0 Å². The van der Waals surface area contributed by atoms with E-state index in [0.29, 0.717) is 30.1 Å². The molecule has 1 aliphatic rings. The summed E-state index contributed by atoms with van der Waals surface area (Å²) in [5.41, 5.74) is 3.32. The highest BCUT2D eigenvalue weighted by Gasteiger charge is 2.30. The Kier molecular flexibility index (Phi) is 5.13. The molecule has 4 aromatic rings. The maximum Gasteiger partial charge on any atom is 0.270 e. The van der Waals surface area contributed by atoms with Crippen molar-refractivity contribution in [3.8, 4) is 11.4 Å². The predicted molar refractivity (Wildman–Crippen MR) is 118 cm³/mol. The minimum atomic E-state index is -0.0848. The smallest absolute Gasteiger partial charge is 0.270 e. The van der Waals surface area contributed by atoms with Crippen LogP contribution in [-0.4, -0.2) is 56.1 Å². The first-order valence-corrected chi connectivity index (χ1v) is 10.9. The highest BCUT2D eigenvalue weighted by Crippen LogP contribution is 2.27. The number of carbonyl (C=O) groups excluding carboxylic acids is 1. The van der Waals surface area contributed by atoms with Crippen LogP contribution < -0.4 is 4.74 Å². The fourth-order valence-corrected chi connectivity index (χ4v) is 4.81. The second kappa shape index (κ2) is 8.09. The number of nitrogens with zero attached hydrogens (tertiary/aromatic N) is 6. The minimum Gasteiger partial charge on any atom is -0.497 e. The summed E-state index contributed by atoms with van der Waals surface area (Å²) in [6.07, 6.45) is 4.11. The summed E-state index contributed by atoms with van der Waals surface area (Å²) >= 11 is 1.69. The number of aryl methyl sites for hydroxylation is 1. The summed E-state index contributed by atoms with van der Waals surface area (Å²) in [4.78, 5) is 19.6. The lowest BCUT2D eigenvalue weighted by Gasteiger charge is -2.28. The van der Waals surface area contributed by atoms with E-state index in [1.807, 2.05) is 24.1 Å². The topological polar surface area (TPSA) is 76.4 Å². The number of amides is 1. The molecule has 1 amide bonds. The summed E-state index contributed by atoms with van der Waals surface area (Å²) in [6.45, 7) is 4.18. The number of carbonyl (C=O) groups is 1. The molecule has 5 rings (SSSR count). The van der Waals surface area contributed by atoms with Gasteiger partial charge in [0, 0.05) is 19.6 Å². The quantitative estimate of drug-likeness (QED) is 0.479. The standard InChI is InChI=1S/C22H22N6O2S/c1-15-25-19-6-4-16(12-21(19)31-15)14-26-10-3-11-27(26)22(29)18-13-17(30-2)5-7-20(18)28-23-8-9-24-28/h4-9,12-13H,3,10-11,14H2,1-2H3. The van der Waals surface area contributed by atoms with Crippen LogP contribution in [0.1, 0.15) is 27.3 Å². The van der Waals surface area contributed by atoms with Gasteiger partial charge in [0.2, 0.25) is 0 Å². The van der Waals surface area contributed by atoms with E-state index in [1.54, 1.807) is 36.9 Å². The molecule has 2 aromatic carbocycles. The van der Waals surface area contributed by atoms with Crippen molar-refractivity contribution in [3.05, 3.63) is 64.9 Å². The summed E-state index contributed by atoms with van der Waals surface area (Å²) in [5.74, 6) is 0.537. The molecule has 2 aromatic heterocycles. The van der Waals surface area contributed by atoms with Gasteiger partial charge in [0.05, 0.1) is 46.0 Å². The van der Waals surface area contributed by atoms with Gasteiger partial charge in [-0.15, -0.1) is 11.3 Å². The Balaban J connectivity index is 1.44. The molecule has 0 radical (unpaired) electrons. The summed E-state index contributed by atoms with van der Waals surface area (Å²) in [7, 11) is 1.59. The Morgan fingerprint density at radius 2 is 1.97 bits per heavy atom. The number of hydrazine groups is 1. The molecule has 0 N–H and O–H groups in total. The normalized spacial score (nSPS) is 14.5. The van der Waals surface area contributed by atoms with Crippen molar-refractivity contribution in [3.63, 3.8) is 0 Å². The number of benzene rings is 2. The second-order valence-electron chi connectivity index (χ2n) is 7.41. The van der Waals surface area contributed by atoms with Crippen molar-refractivity contribution in [2.75, 3.05) is 20.2 Å². The van der Waals surface area contributed by atoms with Crippen molar-refractivity contribution in [2.24, 2.45) is 0 Å². The van der Waals surface area contributed by atoms with Crippen molar-refractivity contribution in [2.45, 2.75) is 19.9 Å². The fraction of sp³-hybridized carbons (Fsp3) is 0.273. The maximum absolute atomic E-state index is 13.6. The summed E-state index contributed by atoms with van der Waals surface area (Å²) in [6, 6.07) is 11.7. The van der Waals surface area contributed by atoms with Gasteiger partial charge in [0.15, 0.2) is 0 Å².